The van der Waals surface area contributed by atoms with Crippen LogP contribution in [-0.4, -0.2) is 17.0 Å². The Morgan fingerprint density at radius 1 is 1.27 bits per heavy atom. The van der Waals surface area contributed by atoms with Crippen LogP contribution in [0.2, 0.25) is 0 Å². The molecule has 5 rings (SSSR count). The number of hydrogen-bond acceptors (Lipinski definition) is 2. The summed E-state index contributed by atoms with van der Waals surface area (Å²) < 4.78 is 0. The summed E-state index contributed by atoms with van der Waals surface area (Å²) in [6.07, 6.45) is 8.49. The van der Waals surface area contributed by atoms with Crippen LogP contribution in [0.3, 0.4) is 0 Å². The number of carbonyl (C=O) groups is 1. The van der Waals surface area contributed by atoms with E-state index >= 15 is 0 Å². The highest BCUT2D eigenvalue weighted by atomic mass is 35.5. The molecule has 4 heteroatoms. The summed E-state index contributed by atoms with van der Waals surface area (Å²) in [6.45, 7) is 0. The van der Waals surface area contributed by atoms with E-state index in [1.165, 1.54) is 11.3 Å². The highest BCUT2D eigenvalue weighted by molar-refractivity contribution is 7.98. The molecule has 4 aliphatic carbocycles. The van der Waals surface area contributed by atoms with Crippen molar-refractivity contribution in [1.29, 1.82) is 0 Å². The Hall–Kier alpha value is -0.670. The van der Waals surface area contributed by atoms with Crippen LogP contribution in [0.15, 0.2) is 29.2 Å². The minimum atomic E-state index is -0.221. The summed E-state index contributed by atoms with van der Waals surface area (Å²) in [4.78, 5) is 14.1. The summed E-state index contributed by atoms with van der Waals surface area (Å²) >= 11 is 8.53. The Morgan fingerprint density at radius 3 is 2.64 bits per heavy atom. The average Bonchev–Trinajstić information content (AvgIpc) is 2.45. The molecule has 0 spiro atoms. The first kappa shape index (κ1) is 14.9. The van der Waals surface area contributed by atoms with Crippen LogP contribution in [0.25, 0.3) is 0 Å². The Kier molecular flexibility index (Phi) is 3.50. The van der Waals surface area contributed by atoms with E-state index in [1.807, 2.05) is 12.1 Å². The number of amides is 1. The molecule has 0 heterocycles. The normalized spacial score (nSPS) is 39.0. The molecule has 4 aliphatic rings. The van der Waals surface area contributed by atoms with Crippen molar-refractivity contribution in [3.8, 4) is 0 Å². The molecule has 4 bridgehead atoms. The summed E-state index contributed by atoms with van der Waals surface area (Å²) in [7, 11) is 0. The second kappa shape index (κ2) is 5.17. The van der Waals surface area contributed by atoms with Gasteiger partial charge in [0.05, 0.1) is 5.41 Å². The number of halogens is 1. The predicted molar refractivity (Wildman–Crippen MR) is 92.6 cm³/mol. The van der Waals surface area contributed by atoms with Crippen LogP contribution < -0.4 is 5.32 Å². The molecule has 2 atom stereocenters. The van der Waals surface area contributed by atoms with Gasteiger partial charge in [0.2, 0.25) is 5.91 Å². The zero-order valence-electron chi connectivity index (χ0n) is 12.9. The second-order valence-corrected chi connectivity index (χ2v) is 9.26. The maximum atomic E-state index is 13.0. The zero-order chi connectivity index (χ0) is 15.4. The molecule has 2 nitrogen and oxygen atoms in total. The van der Waals surface area contributed by atoms with E-state index < -0.39 is 0 Å². The smallest absolute Gasteiger partial charge is 0.230 e. The summed E-state index contributed by atoms with van der Waals surface area (Å²) in [5.74, 6) is 1.51. The number of nitrogens with one attached hydrogen (secondary N) is 1. The molecular formula is C18H22ClNOS. The molecule has 2 unspecified atom stereocenters. The third-order valence-electron chi connectivity index (χ3n) is 5.80. The van der Waals surface area contributed by atoms with Crippen molar-refractivity contribution in [1.82, 2.24) is 0 Å². The Labute approximate surface area is 141 Å². The maximum Gasteiger partial charge on any atom is 0.230 e. The topological polar surface area (TPSA) is 29.1 Å². The molecule has 1 N–H and O–H groups in total. The van der Waals surface area contributed by atoms with Gasteiger partial charge in [0.15, 0.2) is 0 Å². The minimum absolute atomic E-state index is 0.109. The van der Waals surface area contributed by atoms with Gasteiger partial charge in [-0.05, 0) is 74.8 Å². The van der Waals surface area contributed by atoms with Crippen molar-refractivity contribution >= 4 is 35.0 Å². The zero-order valence-corrected chi connectivity index (χ0v) is 14.5. The lowest BCUT2D eigenvalue weighted by Crippen LogP contribution is -2.57. The minimum Gasteiger partial charge on any atom is -0.326 e. The molecule has 0 aliphatic heterocycles. The summed E-state index contributed by atoms with van der Waals surface area (Å²) in [5, 5.41) is 3.18. The van der Waals surface area contributed by atoms with Gasteiger partial charge >= 0.3 is 0 Å². The van der Waals surface area contributed by atoms with E-state index in [2.05, 4.69) is 23.7 Å². The third-order valence-corrected chi connectivity index (χ3v) is 6.97. The van der Waals surface area contributed by atoms with Crippen LogP contribution in [0, 0.1) is 17.3 Å². The maximum absolute atomic E-state index is 13.0. The molecule has 0 saturated heterocycles. The van der Waals surface area contributed by atoms with Crippen LogP contribution in [-0.2, 0) is 4.79 Å². The number of alkyl halides is 1. The van der Waals surface area contributed by atoms with E-state index in [0.717, 1.165) is 37.8 Å². The quantitative estimate of drug-likeness (QED) is 0.627. The van der Waals surface area contributed by atoms with Crippen molar-refractivity contribution < 1.29 is 4.79 Å². The van der Waals surface area contributed by atoms with Gasteiger partial charge in [-0.25, -0.2) is 0 Å². The molecule has 1 aromatic rings. The number of carbonyl (C=O) groups excluding carboxylic acids is 1. The van der Waals surface area contributed by atoms with Crippen LogP contribution >= 0.6 is 23.4 Å². The number of anilines is 1. The summed E-state index contributed by atoms with van der Waals surface area (Å²) in [6, 6.07) is 8.11. The van der Waals surface area contributed by atoms with Crippen molar-refractivity contribution in [3.63, 3.8) is 0 Å². The Morgan fingerprint density at radius 2 is 2.00 bits per heavy atom. The van der Waals surface area contributed by atoms with Gasteiger partial charge in [-0.2, -0.15) is 0 Å². The lowest BCUT2D eigenvalue weighted by atomic mass is 9.49. The first-order chi connectivity index (χ1) is 10.5. The standard InChI is InChI=1S/C18H22ClNOS/c1-22-15-4-2-3-14(6-15)20-16(21)17-7-12-5-13(8-17)10-18(19,9-12)11-17/h2-4,6,12-13H,5,7-11H2,1H3,(H,20,21). The van der Waals surface area contributed by atoms with E-state index in [0.29, 0.717) is 11.8 Å². The summed E-state index contributed by atoms with van der Waals surface area (Å²) in [5.41, 5.74) is 0.692. The molecule has 0 radical (unpaired) electrons. The van der Waals surface area contributed by atoms with Crippen molar-refractivity contribution in [3.05, 3.63) is 24.3 Å². The number of thioether (sulfide) groups is 1. The van der Waals surface area contributed by atoms with Crippen LogP contribution in [0.1, 0.15) is 38.5 Å². The third kappa shape index (κ3) is 2.46. The predicted octanol–water partition coefficient (Wildman–Crippen LogP) is 4.92. The van der Waals surface area contributed by atoms with Gasteiger partial charge in [-0.15, -0.1) is 23.4 Å². The molecule has 0 aromatic heterocycles. The first-order valence-corrected chi connectivity index (χ1v) is 9.75. The van der Waals surface area contributed by atoms with Gasteiger partial charge in [0.25, 0.3) is 0 Å². The van der Waals surface area contributed by atoms with Crippen molar-refractivity contribution in [2.24, 2.45) is 17.3 Å². The first-order valence-electron chi connectivity index (χ1n) is 8.15. The fourth-order valence-corrected chi connectivity index (χ4v) is 6.53. The van der Waals surface area contributed by atoms with Crippen molar-refractivity contribution in [2.45, 2.75) is 48.3 Å². The lowest BCUT2D eigenvalue weighted by Gasteiger charge is -2.59. The fourth-order valence-electron chi connectivity index (χ4n) is 5.38. The molecule has 118 valence electrons. The highest BCUT2D eigenvalue weighted by Gasteiger charge is 2.60. The van der Waals surface area contributed by atoms with Crippen LogP contribution in [0.5, 0.6) is 0 Å². The van der Waals surface area contributed by atoms with Gasteiger partial charge < -0.3 is 5.32 Å². The van der Waals surface area contributed by atoms with Gasteiger partial charge in [-0.1, -0.05) is 6.07 Å². The molecule has 22 heavy (non-hydrogen) atoms. The Bertz CT molecular complexity index is 603. The average molecular weight is 336 g/mol. The SMILES string of the molecule is CSc1cccc(NC(=O)C23CC4CC(CC(Cl)(C4)C2)C3)c1. The van der Waals surface area contributed by atoms with Gasteiger partial charge in [0, 0.05) is 15.5 Å². The molecule has 4 saturated carbocycles. The largest absolute Gasteiger partial charge is 0.326 e. The highest BCUT2D eigenvalue weighted by Crippen LogP contribution is 2.64. The molecular weight excluding hydrogens is 314 g/mol. The van der Waals surface area contributed by atoms with E-state index in [1.54, 1.807) is 11.8 Å². The molecule has 1 aromatic carbocycles. The second-order valence-electron chi connectivity index (χ2n) is 7.58. The van der Waals surface area contributed by atoms with Gasteiger partial charge in [-0.3, -0.25) is 4.79 Å². The fraction of sp³-hybridized carbons (Fsp3) is 0.611. The molecule has 1 amide bonds. The van der Waals surface area contributed by atoms with Crippen molar-refractivity contribution in [2.75, 3.05) is 11.6 Å². The number of benzene rings is 1. The lowest BCUT2D eigenvalue weighted by molar-refractivity contribution is -0.138. The number of rotatable bonds is 3. The Balaban J connectivity index is 1.57. The van der Waals surface area contributed by atoms with E-state index in [9.17, 15) is 4.79 Å². The van der Waals surface area contributed by atoms with Crippen LogP contribution in [0.4, 0.5) is 5.69 Å². The monoisotopic (exact) mass is 335 g/mol. The van der Waals surface area contributed by atoms with E-state index in [4.69, 9.17) is 11.6 Å². The molecule has 4 fully saturated rings. The van der Waals surface area contributed by atoms with E-state index in [-0.39, 0.29) is 16.2 Å². The van der Waals surface area contributed by atoms with Gasteiger partial charge in [0.1, 0.15) is 0 Å². The number of hydrogen-bond donors (Lipinski definition) is 1.